The van der Waals surface area contributed by atoms with Crippen molar-refractivity contribution in [2.45, 2.75) is 65.3 Å². The molecule has 0 aromatic heterocycles. The predicted molar refractivity (Wildman–Crippen MR) is 71.3 cm³/mol. The Morgan fingerprint density at radius 1 is 1.38 bits per heavy atom. The van der Waals surface area contributed by atoms with E-state index in [9.17, 15) is 0 Å². The van der Waals surface area contributed by atoms with Gasteiger partial charge in [0.05, 0.1) is 0 Å². The first-order valence-electron chi connectivity index (χ1n) is 6.68. The largest absolute Gasteiger partial charge is 0.317 e. The SMILES string of the molecule is CC#CCCC(NC)C1CCCCC1(C)C. The van der Waals surface area contributed by atoms with Gasteiger partial charge in [0.2, 0.25) is 0 Å². The molecule has 1 saturated carbocycles. The van der Waals surface area contributed by atoms with Crippen molar-refractivity contribution in [3.8, 4) is 11.8 Å². The van der Waals surface area contributed by atoms with Crippen molar-refractivity contribution in [2.24, 2.45) is 11.3 Å². The van der Waals surface area contributed by atoms with E-state index in [-0.39, 0.29) is 0 Å². The van der Waals surface area contributed by atoms with Crippen LogP contribution in [-0.2, 0) is 0 Å². The molecular formula is C15H27N. The molecule has 1 N–H and O–H groups in total. The first kappa shape index (κ1) is 13.6. The molecule has 2 atom stereocenters. The maximum atomic E-state index is 3.52. The van der Waals surface area contributed by atoms with E-state index in [1.807, 2.05) is 6.92 Å². The van der Waals surface area contributed by atoms with Gasteiger partial charge in [0.1, 0.15) is 0 Å². The second-order valence-electron chi connectivity index (χ2n) is 5.70. The standard InChI is InChI=1S/C15H27N/c1-5-6-7-11-14(16-4)13-10-8-9-12-15(13,2)3/h13-14,16H,7-12H2,1-4H3. The van der Waals surface area contributed by atoms with Gasteiger partial charge in [0, 0.05) is 12.5 Å². The van der Waals surface area contributed by atoms with Crippen LogP contribution in [0.2, 0.25) is 0 Å². The fourth-order valence-corrected chi connectivity index (χ4v) is 3.17. The van der Waals surface area contributed by atoms with Crippen molar-refractivity contribution < 1.29 is 0 Å². The van der Waals surface area contributed by atoms with Crippen LogP contribution in [0, 0.1) is 23.2 Å². The molecular weight excluding hydrogens is 194 g/mol. The highest BCUT2D eigenvalue weighted by molar-refractivity contribution is 4.97. The van der Waals surface area contributed by atoms with Gasteiger partial charge in [-0.05, 0) is 44.6 Å². The van der Waals surface area contributed by atoms with Gasteiger partial charge in [-0.3, -0.25) is 0 Å². The summed E-state index contributed by atoms with van der Waals surface area (Å²) >= 11 is 0. The minimum Gasteiger partial charge on any atom is -0.317 e. The molecule has 0 heterocycles. The van der Waals surface area contributed by atoms with E-state index in [0.29, 0.717) is 11.5 Å². The molecule has 0 aromatic rings. The zero-order valence-corrected chi connectivity index (χ0v) is 11.4. The molecule has 0 saturated heterocycles. The van der Waals surface area contributed by atoms with Gasteiger partial charge in [-0.25, -0.2) is 0 Å². The highest BCUT2D eigenvalue weighted by Gasteiger charge is 2.36. The number of hydrogen-bond donors (Lipinski definition) is 1. The van der Waals surface area contributed by atoms with Crippen LogP contribution in [0.3, 0.4) is 0 Å². The number of rotatable bonds is 4. The van der Waals surface area contributed by atoms with Gasteiger partial charge in [0.15, 0.2) is 0 Å². The van der Waals surface area contributed by atoms with Crippen molar-refractivity contribution in [3.63, 3.8) is 0 Å². The molecule has 92 valence electrons. The Labute approximate surface area is 101 Å². The highest BCUT2D eigenvalue weighted by atomic mass is 14.9. The second-order valence-corrected chi connectivity index (χ2v) is 5.70. The minimum absolute atomic E-state index is 0.506. The van der Waals surface area contributed by atoms with Crippen molar-refractivity contribution in [2.75, 3.05) is 7.05 Å². The maximum Gasteiger partial charge on any atom is 0.0106 e. The number of nitrogens with one attached hydrogen (secondary N) is 1. The van der Waals surface area contributed by atoms with Gasteiger partial charge in [-0.1, -0.05) is 26.7 Å². The molecule has 0 aromatic carbocycles. The number of hydrogen-bond acceptors (Lipinski definition) is 1. The monoisotopic (exact) mass is 221 g/mol. The molecule has 1 fully saturated rings. The molecule has 0 radical (unpaired) electrons. The fourth-order valence-electron chi connectivity index (χ4n) is 3.17. The Morgan fingerprint density at radius 3 is 2.69 bits per heavy atom. The fraction of sp³-hybridized carbons (Fsp3) is 0.867. The predicted octanol–water partition coefficient (Wildman–Crippen LogP) is 3.59. The van der Waals surface area contributed by atoms with Crippen LogP contribution in [0.15, 0.2) is 0 Å². The molecule has 2 unspecified atom stereocenters. The quantitative estimate of drug-likeness (QED) is 0.715. The lowest BCUT2D eigenvalue weighted by molar-refractivity contribution is 0.0983. The summed E-state index contributed by atoms with van der Waals surface area (Å²) in [6.07, 6.45) is 7.83. The summed E-state index contributed by atoms with van der Waals surface area (Å²) in [6.45, 7) is 6.80. The van der Waals surface area contributed by atoms with E-state index >= 15 is 0 Å². The van der Waals surface area contributed by atoms with E-state index in [4.69, 9.17) is 0 Å². The summed E-state index contributed by atoms with van der Waals surface area (Å²) in [5.74, 6) is 7.01. The Bertz CT molecular complexity index is 256. The van der Waals surface area contributed by atoms with Crippen molar-refractivity contribution in [1.82, 2.24) is 5.32 Å². The van der Waals surface area contributed by atoms with Gasteiger partial charge < -0.3 is 5.32 Å². The zero-order chi connectivity index (χ0) is 12.0. The lowest BCUT2D eigenvalue weighted by Crippen LogP contribution is -2.43. The van der Waals surface area contributed by atoms with Gasteiger partial charge in [0.25, 0.3) is 0 Å². The van der Waals surface area contributed by atoms with E-state index in [1.165, 1.54) is 32.1 Å². The van der Waals surface area contributed by atoms with E-state index in [2.05, 4.69) is 38.1 Å². The van der Waals surface area contributed by atoms with E-state index in [0.717, 1.165) is 12.3 Å². The lowest BCUT2D eigenvalue weighted by Gasteiger charge is -2.43. The molecule has 1 aliphatic carbocycles. The second kappa shape index (κ2) is 6.30. The summed E-state index contributed by atoms with van der Waals surface area (Å²) in [5, 5.41) is 3.52. The highest BCUT2D eigenvalue weighted by Crippen LogP contribution is 2.43. The van der Waals surface area contributed by atoms with Gasteiger partial charge in [-0.2, -0.15) is 0 Å². The van der Waals surface area contributed by atoms with Crippen LogP contribution in [0.4, 0.5) is 0 Å². The normalized spacial score (nSPS) is 25.6. The minimum atomic E-state index is 0.506. The smallest absolute Gasteiger partial charge is 0.0106 e. The summed E-state index contributed by atoms with van der Waals surface area (Å²) < 4.78 is 0. The average Bonchev–Trinajstić information content (AvgIpc) is 2.25. The molecule has 1 nitrogen and oxygen atoms in total. The summed E-state index contributed by atoms with van der Waals surface area (Å²) in [6, 6.07) is 0.649. The summed E-state index contributed by atoms with van der Waals surface area (Å²) in [4.78, 5) is 0. The molecule has 16 heavy (non-hydrogen) atoms. The Kier molecular flexibility index (Phi) is 5.35. The van der Waals surface area contributed by atoms with Crippen LogP contribution in [0.25, 0.3) is 0 Å². The van der Waals surface area contributed by atoms with Gasteiger partial charge in [-0.15, -0.1) is 11.8 Å². The first-order chi connectivity index (χ1) is 7.61. The van der Waals surface area contributed by atoms with E-state index in [1.54, 1.807) is 0 Å². The molecule has 0 aliphatic heterocycles. The summed E-state index contributed by atoms with van der Waals surface area (Å²) in [7, 11) is 2.11. The molecule has 1 aliphatic rings. The zero-order valence-electron chi connectivity index (χ0n) is 11.4. The van der Waals surface area contributed by atoms with Crippen LogP contribution in [0.1, 0.15) is 59.3 Å². The van der Waals surface area contributed by atoms with Crippen molar-refractivity contribution in [1.29, 1.82) is 0 Å². The average molecular weight is 221 g/mol. The molecule has 0 bridgehead atoms. The lowest BCUT2D eigenvalue weighted by atomic mass is 9.65. The maximum absolute atomic E-state index is 3.52. The van der Waals surface area contributed by atoms with Crippen LogP contribution in [-0.4, -0.2) is 13.1 Å². The van der Waals surface area contributed by atoms with Crippen LogP contribution < -0.4 is 5.32 Å². The van der Waals surface area contributed by atoms with Crippen LogP contribution in [0.5, 0.6) is 0 Å². The van der Waals surface area contributed by atoms with Crippen LogP contribution >= 0.6 is 0 Å². The third-order valence-corrected chi connectivity index (χ3v) is 4.20. The van der Waals surface area contributed by atoms with Crippen molar-refractivity contribution >= 4 is 0 Å². The van der Waals surface area contributed by atoms with E-state index < -0.39 is 0 Å². The third-order valence-electron chi connectivity index (χ3n) is 4.20. The first-order valence-corrected chi connectivity index (χ1v) is 6.68. The van der Waals surface area contributed by atoms with Crippen molar-refractivity contribution in [3.05, 3.63) is 0 Å². The Hall–Kier alpha value is -0.480. The molecule has 0 amide bonds. The Morgan fingerprint density at radius 2 is 2.12 bits per heavy atom. The molecule has 1 heteroatoms. The molecule has 0 spiro atoms. The Balaban J connectivity index is 2.57. The summed E-state index contributed by atoms with van der Waals surface area (Å²) in [5.41, 5.74) is 0.506. The van der Waals surface area contributed by atoms with Gasteiger partial charge >= 0.3 is 0 Å². The molecule has 1 rings (SSSR count). The third kappa shape index (κ3) is 3.52. The topological polar surface area (TPSA) is 12.0 Å².